The van der Waals surface area contributed by atoms with Gasteiger partial charge in [0.1, 0.15) is 12.1 Å². The maximum Gasteiger partial charge on any atom is 0.319 e. The summed E-state index contributed by atoms with van der Waals surface area (Å²) in [5, 5.41) is 13.2. The number of amides is 4. The first-order valence-electron chi connectivity index (χ1n) is 19.8. The van der Waals surface area contributed by atoms with Gasteiger partial charge < -0.3 is 37.3 Å². The fourth-order valence-corrected chi connectivity index (χ4v) is 7.94. The van der Waals surface area contributed by atoms with E-state index in [9.17, 15) is 23.2 Å². The van der Waals surface area contributed by atoms with Crippen molar-refractivity contribution in [3.8, 4) is 0 Å². The number of rotatable bonds is 17. The Morgan fingerprint density at radius 2 is 1.53 bits per heavy atom. The van der Waals surface area contributed by atoms with Crippen LogP contribution in [0.5, 0.6) is 0 Å². The number of aromatic nitrogens is 1. The number of nitrogens with two attached hydrogens (primary N) is 2. The highest BCUT2D eigenvalue weighted by molar-refractivity contribution is 6.36. The summed E-state index contributed by atoms with van der Waals surface area (Å²) in [6, 6.07) is 20.4. The van der Waals surface area contributed by atoms with Crippen LogP contribution in [0.3, 0.4) is 0 Å². The topological polar surface area (TPSA) is 172 Å². The van der Waals surface area contributed by atoms with Gasteiger partial charge in [0, 0.05) is 58.4 Å². The zero-order chi connectivity index (χ0) is 42.8. The van der Waals surface area contributed by atoms with Gasteiger partial charge in [-0.1, -0.05) is 71.7 Å². The molecule has 1 aliphatic heterocycles. The second-order valence-corrected chi connectivity index (χ2v) is 15.7. The van der Waals surface area contributed by atoms with Crippen LogP contribution in [0.25, 0.3) is 10.9 Å². The molecule has 316 valence electrons. The van der Waals surface area contributed by atoms with Crippen LogP contribution in [0.4, 0.5) is 19.3 Å². The van der Waals surface area contributed by atoms with Crippen LogP contribution in [0.1, 0.15) is 53.6 Å². The minimum absolute atomic E-state index is 0.110. The van der Waals surface area contributed by atoms with Crippen LogP contribution < -0.4 is 32.7 Å². The molecule has 0 unspecified atom stereocenters. The minimum atomic E-state index is -1.32. The quantitative estimate of drug-likeness (QED) is 0.0343. The third kappa shape index (κ3) is 11.5. The lowest BCUT2D eigenvalue weighted by atomic mass is 10.0. The molecule has 0 saturated carbocycles. The first-order chi connectivity index (χ1) is 28.9. The lowest BCUT2D eigenvalue weighted by Crippen LogP contribution is -2.55. The van der Waals surface area contributed by atoms with Crippen LogP contribution >= 0.6 is 23.2 Å². The predicted molar refractivity (Wildman–Crippen MR) is 233 cm³/mol. The third-order valence-electron chi connectivity index (χ3n) is 10.6. The SMILES string of the molecule is Cc1c(CN2CCCC2)c2ccc(NC(=O)N[C@@H](Cc3ccc(F)c(F)c3)C(=O)N[C@@H](CCCN=C(N)N)C(=O)NCc3ccccc3)cc2n1Cc1c(Cl)cccc1Cl. The van der Waals surface area contributed by atoms with E-state index in [0.717, 1.165) is 77.9 Å². The molecule has 0 aliphatic carbocycles. The van der Waals surface area contributed by atoms with Crippen molar-refractivity contribution in [1.29, 1.82) is 0 Å². The Labute approximate surface area is 357 Å². The zero-order valence-corrected chi connectivity index (χ0v) is 34.8. The van der Waals surface area contributed by atoms with E-state index in [4.69, 9.17) is 34.7 Å². The van der Waals surface area contributed by atoms with Crippen molar-refractivity contribution in [1.82, 2.24) is 25.4 Å². The predicted octanol–water partition coefficient (Wildman–Crippen LogP) is 6.77. The molecule has 12 nitrogen and oxygen atoms in total. The number of guanidine groups is 1. The molecule has 4 aromatic carbocycles. The van der Waals surface area contributed by atoms with Crippen LogP contribution in [0.2, 0.25) is 10.0 Å². The number of urea groups is 1. The fourth-order valence-electron chi connectivity index (χ4n) is 7.43. The first-order valence-corrected chi connectivity index (χ1v) is 20.6. The van der Waals surface area contributed by atoms with Crippen molar-refractivity contribution in [2.75, 3.05) is 25.0 Å². The van der Waals surface area contributed by atoms with Crippen molar-refractivity contribution in [2.45, 2.75) is 70.7 Å². The lowest BCUT2D eigenvalue weighted by molar-refractivity contribution is -0.130. The normalized spacial score (nSPS) is 13.8. The van der Waals surface area contributed by atoms with E-state index in [1.165, 1.54) is 6.07 Å². The van der Waals surface area contributed by atoms with E-state index in [-0.39, 0.29) is 37.5 Å². The van der Waals surface area contributed by atoms with Crippen LogP contribution in [-0.2, 0) is 35.6 Å². The summed E-state index contributed by atoms with van der Waals surface area (Å²) in [4.78, 5) is 47.7. The number of hydrogen-bond donors (Lipinski definition) is 6. The highest BCUT2D eigenvalue weighted by Crippen LogP contribution is 2.33. The molecule has 1 saturated heterocycles. The number of nitrogens with zero attached hydrogens (tertiary/aromatic N) is 3. The number of nitrogens with one attached hydrogen (secondary N) is 4. The minimum Gasteiger partial charge on any atom is -0.370 e. The monoisotopic (exact) mass is 859 g/mol. The number of benzene rings is 4. The summed E-state index contributed by atoms with van der Waals surface area (Å²) in [6.07, 6.45) is 2.57. The van der Waals surface area contributed by atoms with Crippen molar-refractivity contribution in [2.24, 2.45) is 16.5 Å². The number of aliphatic imine (C=N–C) groups is 1. The summed E-state index contributed by atoms with van der Waals surface area (Å²) in [7, 11) is 0. The molecule has 0 bridgehead atoms. The van der Waals surface area contributed by atoms with Gasteiger partial charge in [-0.05, 0) is 98.8 Å². The molecule has 1 aliphatic rings. The molecular weight excluding hydrogens is 811 g/mol. The Balaban J connectivity index is 1.25. The van der Waals surface area contributed by atoms with Gasteiger partial charge in [0.25, 0.3) is 0 Å². The molecule has 1 aromatic heterocycles. The van der Waals surface area contributed by atoms with Gasteiger partial charge in [-0.15, -0.1) is 0 Å². The highest BCUT2D eigenvalue weighted by Gasteiger charge is 2.28. The number of carbonyl (C=O) groups is 3. The van der Waals surface area contributed by atoms with E-state index in [1.807, 2.05) is 42.5 Å². The van der Waals surface area contributed by atoms with Gasteiger partial charge in [-0.25, -0.2) is 13.6 Å². The maximum absolute atomic E-state index is 14.4. The molecule has 16 heteroatoms. The van der Waals surface area contributed by atoms with Gasteiger partial charge in [0.2, 0.25) is 11.8 Å². The number of fused-ring (bicyclic) bond motifs is 1. The van der Waals surface area contributed by atoms with Crippen LogP contribution in [0.15, 0.2) is 89.9 Å². The van der Waals surface area contributed by atoms with Gasteiger partial charge in [-0.3, -0.25) is 19.5 Å². The van der Waals surface area contributed by atoms with Crippen LogP contribution in [0, 0.1) is 18.6 Å². The Morgan fingerprint density at radius 1 is 0.800 bits per heavy atom. The molecule has 8 N–H and O–H groups in total. The number of carbonyl (C=O) groups excluding carboxylic acids is 3. The molecule has 6 rings (SSSR count). The molecule has 2 atom stereocenters. The summed E-state index contributed by atoms with van der Waals surface area (Å²) in [5.74, 6) is -3.47. The number of hydrogen-bond acceptors (Lipinski definition) is 5. The second-order valence-electron chi connectivity index (χ2n) is 14.9. The molecule has 1 fully saturated rings. The van der Waals surface area contributed by atoms with Gasteiger partial charge >= 0.3 is 6.03 Å². The summed E-state index contributed by atoms with van der Waals surface area (Å²) < 4.78 is 30.4. The van der Waals surface area contributed by atoms with Crippen molar-refractivity contribution >= 4 is 63.6 Å². The van der Waals surface area contributed by atoms with Crippen molar-refractivity contribution < 1.29 is 23.2 Å². The largest absolute Gasteiger partial charge is 0.370 e. The van der Waals surface area contributed by atoms with E-state index in [2.05, 4.69) is 42.7 Å². The molecule has 4 amide bonds. The third-order valence-corrected chi connectivity index (χ3v) is 11.3. The van der Waals surface area contributed by atoms with Gasteiger partial charge in [0.15, 0.2) is 17.6 Å². The maximum atomic E-state index is 14.4. The van der Waals surface area contributed by atoms with Gasteiger partial charge in [-0.2, -0.15) is 0 Å². The Bertz CT molecular complexity index is 2330. The van der Waals surface area contributed by atoms with E-state index in [1.54, 1.807) is 24.3 Å². The molecule has 60 heavy (non-hydrogen) atoms. The lowest BCUT2D eigenvalue weighted by Gasteiger charge is -2.23. The summed E-state index contributed by atoms with van der Waals surface area (Å²) >= 11 is 13.3. The summed E-state index contributed by atoms with van der Waals surface area (Å²) in [6.45, 7) is 5.65. The molecule has 0 spiro atoms. The number of likely N-dealkylation sites (tertiary alicyclic amines) is 1. The standard InChI is InChI=1S/C44H49Cl2F2N9O3/c1-27-32(25-56-19-5-6-20-56)31-16-15-30(23-40(31)57(27)26-33-34(45)11-7-12-35(33)46)53-44(60)55-39(22-29-14-17-36(47)37(48)21-29)42(59)54-38(13-8-18-51-43(49)50)41(58)52-24-28-9-3-2-4-10-28/h2-4,7,9-12,14-17,21,23,38-39H,5-6,8,13,18-20,22,24-26H2,1H3,(H,52,58)(H,54,59)(H4,49,50,51)(H2,53,55,60)/t38-,39-/m0/s1. The van der Waals surface area contributed by atoms with Crippen LogP contribution in [-0.4, -0.2) is 65.0 Å². The van der Waals surface area contributed by atoms with E-state index >= 15 is 0 Å². The first kappa shape index (κ1) is 43.9. The molecular formula is C44H49Cl2F2N9O3. The van der Waals surface area contributed by atoms with Gasteiger partial charge in [0.05, 0.1) is 12.1 Å². The average Bonchev–Trinajstić information content (AvgIpc) is 3.83. The smallest absolute Gasteiger partial charge is 0.319 e. The van der Waals surface area contributed by atoms with E-state index < -0.39 is 41.6 Å². The summed E-state index contributed by atoms with van der Waals surface area (Å²) in [5.41, 5.74) is 16.3. The van der Waals surface area contributed by atoms with Crippen molar-refractivity contribution in [3.63, 3.8) is 0 Å². The van der Waals surface area contributed by atoms with Crippen molar-refractivity contribution in [3.05, 3.63) is 135 Å². The molecule has 5 aromatic rings. The highest BCUT2D eigenvalue weighted by atomic mass is 35.5. The zero-order valence-electron chi connectivity index (χ0n) is 33.2. The Morgan fingerprint density at radius 3 is 2.23 bits per heavy atom. The Hall–Kier alpha value is -5.70. The Kier molecular flexibility index (Phi) is 15.0. The molecule has 0 radical (unpaired) electrons. The number of halogens is 4. The molecule has 2 heterocycles. The van der Waals surface area contributed by atoms with E-state index in [0.29, 0.717) is 28.7 Å². The number of anilines is 1. The fraction of sp³-hybridized carbons (Fsp3) is 0.318. The second kappa shape index (κ2) is 20.5. The average molecular weight is 861 g/mol.